The Morgan fingerprint density at radius 1 is 1.11 bits per heavy atom. The number of nitrogens with two attached hydrogens (primary N) is 1. The summed E-state index contributed by atoms with van der Waals surface area (Å²) in [7, 11) is 1.60. The average Bonchev–Trinajstić information content (AvgIpc) is 2.37. The first-order valence-corrected chi connectivity index (χ1v) is 6.02. The van der Waals surface area contributed by atoms with E-state index in [0.717, 1.165) is 5.69 Å². The third kappa shape index (κ3) is 2.63. The van der Waals surface area contributed by atoms with Gasteiger partial charge in [0.15, 0.2) is 0 Å². The molecule has 0 atom stereocenters. The van der Waals surface area contributed by atoms with Crippen LogP contribution in [0.2, 0.25) is 10.0 Å². The summed E-state index contributed by atoms with van der Waals surface area (Å²) < 4.78 is 5.15. The zero-order valence-electron chi connectivity index (χ0n) is 9.71. The number of rotatable bonds is 3. The van der Waals surface area contributed by atoms with Crippen LogP contribution in [0.15, 0.2) is 36.4 Å². The van der Waals surface area contributed by atoms with Gasteiger partial charge >= 0.3 is 0 Å². The lowest BCUT2D eigenvalue weighted by Crippen LogP contribution is -1.97. The molecule has 0 saturated heterocycles. The normalized spacial score (nSPS) is 10.2. The summed E-state index contributed by atoms with van der Waals surface area (Å²) in [6, 6.07) is 10.7. The molecule has 0 aliphatic rings. The van der Waals surface area contributed by atoms with Crippen LogP contribution in [0, 0.1) is 0 Å². The second kappa shape index (κ2) is 5.38. The maximum absolute atomic E-state index is 6.10. The Morgan fingerprint density at radius 2 is 1.89 bits per heavy atom. The van der Waals surface area contributed by atoms with Crippen LogP contribution in [0.25, 0.3) is 0 Å². The number of ether oxygens (including phenoxy) is 1. The van der Waals surface area contributed by atoms with Crippen molar-refractivity contribution in [2.24, 2.45) is 0 Å². The maximum Gasteiger partial charge on any atom is 0.121 e. The third-order valence-electron chi connectivity index (χ3n) is 2.48. The maximum atomic E-state index is 6.10. The minimum Gasteiger partial charge on any atom is -0.497 e. The Morgan fingerprint density at radius 3 is 2.61 bits per heavy atom. The van der Waals surface area contributed by atoms with Gasteiger partial charge in [-0.05, 0) is 24.3 Å². The lowest BCUT2D eigenvalue weighted by atomic mass is 10.2. The van der Waals surface area contributed by atoms with Crippen LogP contribution in [0.4, 0.5) is 17.1 Å². The largest absolute Gasteiger partial charge is 0.497 e. The first-order valence-electron chi connectivity index (χ1n) is 5.26. The highest BCUT2D eigenvalue weighted by Crippen LogP contribution is 2.34. The standard InChI is InChI=1S/C13H12Cl2N2O/c1-18-8-5-6-10(16)12(7-8)17-11-4-2-3-9(14)13(11)15/h2-7,17H,16H2,1H3. The van der Waals surface area contributed by atoms with Gasteiger partial charge in [0.25, 0.3) is 0 Å². The fraction of sp³-hybridized carbons (Fsp3) is 0.0769. The summed E-state index contributed by atoms with van der Waals surface area (Å²) >= 11 is 12.1. The molecule has 0 fully saturated rings. The monoisotopic (exact) mass is 282 g/mol. The molecule has 0 spiro atoms. The first kappa shape index (κ1) is 12.9. The van der Waals surface area contributed by atoms with E-state index in [9.17, 15) is 0 Å². The van der Waals surface area contributed by atoms with Gasteiger partial charge in [-0.3, -0.25) is 0 Å². The van der Waals surface area contributed by atoms with Gasteiger partial charge in [-0.1, -0.05) is 29.3 Å². The second-order valence-electron chi connectivity index (χ2n) is 3.68. The number of benzene rings is 2. The van der Waals surface area contributed by atoms with Gasteiger partial charge in [0, 0.05) is 6.07 Å². The summed E-state index contributed by atoms with van der Waals surface area (Å²) in [4.78, 5) is 0. The van der Waals surface area contributed by atoms with E-state index in [1.807, 2.05) is 12.1 Å². The molecule has 0 aliphatic heterocycles. The van der Waals surface area contributed by atoms with Crippen molar-refractivity contribution >= 4 is 40.3 Å². The van der Waals surface area contributed by atoms with Crippen molar-refractivity contribution in [1.29, 1.82) is 0 Å². The van der Waals surface area contributed by atoms with Crippen molar-refractivity contribution < 1.29 is 4.74 Å². The number of nitrogens with one attached hydrogen (secondary N) is 1. The van der Waals surface area contributed by atoms with Gasteiger partial charge in [0.2, 0.25) is 0 Å². The van der Waals surface area contributed by atoms with Crippen molar-refractivity contribution in [3.05, 3.63) is 46.4 Å². The predicted molar refractivity (Wildman–Crippen MR) is 77.2 cm³/mol. The van der Waals surface area contributed by atoms with E-state index in [-0.39, 0.29) is 0 Å². The number of halogens is 2. The third-order valence-corrected chi connectivity index (χ3v) is 3.30. The Balaban J connectivity index is 2.36. The number of methoxy groups -OCH3 is 1. The van der Waals surface area contributed by atoms with E-state index < -0.39 is 0 Å². The molecule has 18 heavy (non-hydrogen) atoms. The Hall–Kier alpha value is -1.58. The number of anilines is 3. The first-order chi connectivity index (χ1) is 8.61. The predicted octanol–water partition coefficient (Wildman–Crippen LogP) is 4.33. The SMILES string of the molecule is COc1ccc(N)c(Nc2cccc(Cl)c2Cl)c1. The van der Waals surface area contributed by atoms with Crippen molar-refractivity contribution in [1.82, 2.24) is 0 Å². The molecule has 0 aliphatic carbocycles. The fourth-order valence-electron chi connectivity index (χ4n) is 1.52. The molecule has 3 nitrogen and oxygen atoms in total. The van der Waals surface area contributed by atoms with Gasteiger partial charge in [-0.15, -0.1) is 0 Å². The fourth-order valence-corrected chi connectivity index (χ4v) is 1.86. The van der Waals surface area contributed by atoms with Gasteiger partial charge in [0.1, 0.15) is 5.75 Å². The van der Waals surface area contributed by atoms with E-state index in [1.165, 1.54) is 0 Å². The molecule has 3 N–H and O–H groups in total. The van der Waals surface area contributed by atoms with E-state index in [2.05, 4.69) is 5.32 Å². The van der Waals surface area contributed by atoms with Crippen LogP contribution in [0.3, 0.4) is 0 Å². The summed E-state index contributed by atoms with van der Waals surface area (Å²) in [5.41, 5.74) is 7.91. The molecule has 0 saturated carbocycles. The Bertz CT molecular complexity index is 573. The van der Waals surface area contributed by atoms with Crippen molar-refractivity contribution in [3.63, 3.8) is 0 Å². The summed E-state index contributed by atoms with van der Waals surface area (Å²) in [6.45, 7) is 0. The van der Waals surface area contributed by atoms with Crippen LogP contribution >= 0.6 is 23.2 Å². The molecule has 2 rings (SSSR count). The summed E-state index contributed by atoms with van der Waals surface area (Å²) in [5.74, 6) is 0.713. The molecular formula is C13H12Cl2N2O. The summed E-state index contributed by atoms with van der Waals surface area (Å²) in [5, 5.41) is 4.08. The van der Waals surface area contributed by atoms with Crippen LogP contribution in [0.1, 0.15) is 0 Å². The molecule has 2 aromatic rings. The van der Waals surface area contributed by atoms with Gasteiger partial charge in [0.05, 0.1) is 34.2 Å². The summed E-state index contributed by atoms with van der Waals surface area (Å²) in [6.07, 6.45) is 0. The van der Waals surface area contributed by atoms with Crippen LogP contribution in [-0.2, 0) is 0 Å². The van der Waals surface area contributed by atoms with Crippen molar-refractivity contribution in [2.45, 2.75) is 0 Å². The second-order valence-corrected chi connectivity index (χ2v) is 4.46. The van der Waals surface area contributed by atoms with E-state index in [1.54, 1.807) is 31.4 Å². The van der Waals surface area contributed by atoms with Crippen LogP contribution in [-0.4, -0.2) is 7.11 Å². The number of hydrogen-bond donors (Lipinski definition) is 2. The van der Waals surface area contributed by atoms with Crippen molar-refractivity contribution in [3.8, 4) is 5.75 Å². The molecular weight excluding hydrogens is 271 g/mol. The van der Waals surface area contributed by atoms with Crippen molar-refractivity contribution in [2.75, 3.05) is 18.2 Å². The Labute approximate surface area is 115 Å². The molecule has 0 aromatic heterocycles. The average molecular weight is 283 g/mol. The zero-order valence-corrected chi connectivity index (χ0v) is 11.2. The highest BCUT2D eigenvalue weighted by molar-refractivity contribution is 6.43. The lowest BCUT2D eigenvalue weighted by Gasteiger charge is -2.12. The Kier molecular flexibility index (Phi) is 3.84. The number of hydrogen-bond acceptors (Lipinski definition) is 3. The smallest absolute Gasteiger partial charge is 0.121 e. The van der Waals surface area contributed by atoms with E-state index >= 15 is 0 Å². The molecule has 0 heterocycles. The minimum absolute atomic E-state index is 0.460. The van der Waals surface area contributed by atoms with Gasteiger partial charge < -0.3 is 15.8 Å². The topological polar surface area (TPSA) is 47.3 Å². The molecule has 0 amide bonds. The molecule has 2 aromatic carbocycles. The molecule has 5 heteroatoms. The zero-order chi connectivity index (χ0) is 13.1. The number of nitrogen functional groups attached to an aromatic ring is 1. The van der Waals surface area contributed by atoms with Crippen LogP contribution < -0.4 is 15.8 Å². The molecule has 94 valence electrons. The highest BCUT2D eigenvalue weighted by Gasteiger charge is 2.07. The minimum atomic E-state index is 0.460. The lowest BCUT2D eigenvalue weighted by molar-refractivity contribution is 0.415. The highest BCUT2D eigenvalue weighted by atomic mass is 35.5. The van der Waals surface area contributed by atoms with Gasteiger partial charge in [-0.2, -0.15) is 0 Å². The molecule has 0 radical (unpaired) electrons. The molecule has 0 bridgehead atoms. The molecule has 0 unspecified atom stereocenters. The van der Waals surface area contributed by atoms with Gasteiger partial charge in [-0.25, -0.2) is 0 Å². The van der Waals surface area contributed by atoms with E-state index in [4.69, 9.17) is 33.7 Å². The quantitative estimate of drug-likeness (QED) is 0.824. The van der Waals surface area contributed by atoms with Crippen LogP contribution in [0.5, 0.6) is 5.75 Å². The van der Waals surface area contributed by atoms with E-state index in [0.29, 0.717) is 27.2 Å².